The molecule has 3 aromatic carbocycles. The molecule has 9 heteroatoms. The summed E-state index contributed by atoms with van der Waals surface area (Å²) in [5, 5.41) is 11.9. The minimum atomic E-state index is -0.459. The molecule has 5 rings (SSSR count). The summed E-state index contributed by atoms with van der Waals surface area (Å²) in [6.45, 7) is 0.328. The van der Waals surface area contributed by atoms with Crippen molar-refractivity contribution in [2.24, 2.45) is 4.99 Å². The second-order valence-corrected chi connectivity index (χ2v) is 10.0. The van der Waals surface area contributed by atoms with E-state index in [1.807, 2.05) is 66.1 Å². The number of thioether (sulfide) groups is 1. The van der Waals surface area contributed by atoms with Gasteiger partial charge in [-0.1, -0.05) is 65.8 Å². The largest absolute Gasteiger partial charge is 0.493 e. The second kappa shape index (κ2) is 10.3. The first-order valence-corrected chi connectivity index (χ1v) is 12.9. The average molecular weight is 581 g/mol. The van der Waals surface area contributed by atoms with Crippen molar-refractivity contribution in [3.8, 4) is 11.5 Å². The number of methoxy groups -OCH3 is 1. The summed E-state index contributed by atoms with van der Waals surface area (Å²) in [5.41, 5.74) is 3.57. The predicted octanol–water partition coefficient (Wildman–Crippen LogP) is 6.99. The molecule has 0 fully saturated rings. The molecule has 1 amide bonds. The van der Waals surface area contributed by atoms with E-state index in [0.29, 0.717) is 38.3 Å². The van der Waals surface area contributed by atoms with Gasteiger partial charge >= 0.3 is 0 Å². The first-order chi connectivity index (χ1) is 17.4. The molecule has 2 aliphatic rings. The van der Waals surface area contributed by atoms with Gasteiger partial charge in [-0.25, -0.2) is 0 Å². The third-order valence-corrected chi connectivity index (χ3v) is 7.21. The minimum Gasteiger partial charge on any atom is -0.493 e. The summed E-state index contributed by atoms with van der Waals surface area (Å²) in [5.74, 6) is 0.638. The van der Waals surface area contributed by atoms with Crippen molar-refractivity contribution in [3.63, 3.8) is 0 Å². The van der Waals surface area contributed by atoms with Crippen molar-refractivity contribution in [3.05, 3.63) is 104 Å². The van der Waals surface area contributed by atoms with Gasteiger partial charge in [0.2, 0.25) is 0 Å². The third kappa shape index (κ3) is 4.84. The fourth-order valence-corrected chi connectivity index (χ4v) is 5.37. The Morgan fingerprint density at radius 1 is 1.14 bits per heavy atom. The molecule has 3 aromatic rings. The van der Waals surface area contributed by atoms with E-state index in [-0.39, 0.29) is 11.4 Å². The van der Waals surface area contributed by atoms with Crippen LogP contribution in [0.15, 0.2) is 87.2 Å². The predicted molar refractivity (Wildman–Crippen MR) is 148 cm³/mol. The van der Waals surface area contributed by atoms with E-state index < -0.39 is 5.91 Å². The number of hydrogen-bond donors (Lipinski definition) is 1. The lowest BCUT2D eigenvalue weighted by molar-refractivity contribution is -0.114. The second-order valence-electron chi connectivity index (χ2n) is 7.88. The minimum absolute atomic E-state index is 0.0725. The molecule has 0 aliphatic carbocycles. The topological polar surface area (TPSA) is 75.0 Å². The van der Waals surface area contributed by atoms with Crippen LogP contribution in [0, 0.1) is 5.41 Å². The SMILES string of the molecule is COc1cc(C=C2C(=N)N3C(c4ccccc4)=CSC3=NC2=O)cc(Br)c1OCc1ccc(Cl)cc1. The lowest BCUT2D eigenvalue weighted by Crippen LogP contribution is -2.38. The number of ether oxygens (including phenoxy) is 2. The fraction of sp³-hybridized carbons (Fsp3) is 0.0741. The van der Waals surface area contributed by atoms with Crippen molar-refractivity contribution in [2.75, 3.05) is 7.11 Å². The lowest BCUT2D eigenvalue weighted by Gasteiger charge is -2.27. The third-order valence-electron chi connectivity index (χ3n) is 5.54. The van der Waals surface area contributed by atoms with Crippen molar-refractivity contribution in [1.82, 2.24) is 4.90 Å². The smallest absolute Gasteiger partial charge is 0.283 e. The molecule has 2 heterocycles. The number of amides is 1. The van der Waals surface area contributed by atoms with Gasteiger partial charge in [0.15, 0.2) is 16.7 Å². The number of halogens is 2. The van der Waals surface area contributed by atoms with Gasteiger partial charge in [-0.15, -0.1) is 0 Å². The summed E-state index contributed by atoms with van der Waals surface area (Å²) in [6.07, 6.45) is 1.65. The van der Waals surface area contributed by atoms with Crippen LogP contribution < -0.4 is 9.47 Å². The Kier molecular flexibility index (Phi) is 7.00. The molecule has 1 N–H and O–H groups in total. The summed E-state index contributed by atoms with van der Waals surface area (Å²) < 4.78 is 12.2. The van der Waals surface area contributed by atoms with Crippen molar-refractivity contribution >= 4 is 68.0 Å². The van der Waals surface area contributed by atoms with Crippen molar-refractivity contribution in [1.29, 1.82) is 5.41 Å². The Bertz CT molecular complexity index is 1450. The highest BCUT2D eigenvalue weighted by Gasteiger charge is 2.36. The molecule has 2 aliphatic heterocycles. The number of fused-ring (bicyclic) bond motifs is 1. The zero-order chi connectivity index (χ0) is 25.2. The summed E-state index contributed by atoms with van der Waals surface area (Å²) >= 11 is 10.9. The van der Waals surface area contributed by atoms with Crippen LogP contribution in [0.3, 0.4) is 0 Å². The normalized spacial score (nSPS) is 16.1. The van der Waals surface area contributed by atoms with E-state index in [1.165, 1.54) is 11.8 Å². The number of carbonyl (C=O) groups excluding carboxylic acids is 1. The molecule has 180 valence electrons. The Morgan fingerprint density at radius 2 is 1.89 bits per heavy atom. The molecular formula is C27H19BrClN3O3S. The number of nitrogens with zero attached hydrogens (tertiary/aromatic N) is 2. The number of hydrogen-bond acceptors (Lipinski definition) is 5. The molecule has 0 saturated carbocycles. The Balaban J connectivity index is 1.43. The van der Waals surface area contributed by atoms with Crippen LogP contribution in [-0.4, -0.2) is 28.9 Å². The monoisotopic (exact) mass is 579 g/mol. The molecule has 0 aromatic heterocycles. The Labute approximate surface area is 225 Å². The van der Waals surface area contributed by atoms with Crippen LogP contribution in [0.2, 0.25) is 5.02 Å². The molecular weight excluding hydrogens is 562 g/mol. The van der Waals surface area contributed by atoms with Gasteiger partial charge in [-0.2, -0.15) is 4.99 Å². The first kappa shape index (κ1) is 24.4. The van der Waals surface area contributed by atoms with E-state index in [1.54, 1.807) is 24.2 Å². The highest BCUT2D eigenvalue weighted by molar-refractivity contribution is 9.10. The van der Waals surface area contributed by atoms with Crippen LogP contribution in [0.5, 0.6) is 11.5 Å². The maximum Gasteiger partial charge on any atom is 0.283 e. The van der Waals surface area contributed by atoms with Crippen LogP contribution in [0.25, 0.3) is 11.8 Å². The van der Waals surface area contributed by atoms with Gasteiger partial charge in [0.25, 0.3) is 5.91 Å². The van der Waals surface area contributed by atoms with Crippen molar-refractivity contribution in [2.45, 2.75) is 6.61 Å². The van der Waals surface area contributed by atoms with Crippen LogP contribution in [0.1, 0.15) is 16.7 Å². The molecule has 0 atom stereocenters. The number of rotatable bonds is 6. The highest BCUT2D eigenvalue weighted by Crippen LogP contribution is 2.40. The molecule has 36 heavy (non-hydrogen) atoms. The van der Waals surface area contributed by atoms with Gasteiger partial charge in [0, 0.05) is 10.4 Å². The van der Waals surface area contributed by atoms with Gasteiger partial charge < -0.3 is 9.47 Å². The van der Waals surface area contributed by atoms with E-state index in [0.717, 1.165) is 16.8 Å². The van der Waals surface area contributed by atoms with Gasteiger partial charge in [-0.05, 0) is 63.0 Å². The summed E-state index contributed by atoms with van der Waals surface area (Å²) in [6, 6.07) is 20.7. The molecule has 0 spiro atoms. The zero-order valence-electron chi connectivity index (χ0n) is 19.0. The van der Waals surface area contributed by atoms with Gasteiger partial charge in [0.1, 0.15) is 12.4 Å². The Hall–Kier alpha value is -3.33. The average Bonchev–Trinajstić information content (AvgIpc) is 3.31. The molecule has 0 radical (unpaired) electrons. The van der Waals surface area contributed by atoms with Gasteiger partial charge in [0.05, 0.1) is 22.9 Å². The molecule has 0 saturated heterocycles. The summed E-state index contributed by atoms with van der Waals surface area (Å²) in [4.78, 5) is 18.8. The highest BCUT2D eigenvalue weighted by atomic mass is 79.9. The number of benzene rings is 3. The summed E-state index contributed by atoms with van der Waals surface area (Å²) in [7, 11) is 1.55. The van der Waals surface area contributed by atoms with Crippen LogP contribution in [0.4, 0.5) is 0 Å². The molecule has 0 bridgehead atoms. The van der Waals surface area contributed by atoms with Crippen molar-refractivity contribution < 1.29 is 14.3 Å². The zero-order valence-corrected chi connectivity index (χ0v) is 22.2. The fourth-order valence-electron chi connectivity index (χ4n) is 3.78. The quantitative estimate of drug-likeness (QED) is 0.318. The lowest BCUT2D eigenvalue weighted by atomic mass is 10.1. The maximum atomic E-state index is 12.8. The maximum absolute atomic E-state index is 12.8. The molecule has 0 unspecified atom stereocenters. The first-order valence-electron chi connectivity index (χ1n) is 10.9. The van der Waals surface area contributed by atoms with E-state index >= 15 is 0 Å². The number of carbonyl (C=O) groups is 1. The van der Waals surface area contributed by atoms with Crippen LogP contribution in [-0.2, 0) is 11.4 Å². The standard InChI is InChI=1S/C27H19BrClN3O3S/c1-34-23-13-17(12-21(28)24(23)35-14-16-7-9-19(29)10-8-16)11-20-25(30)32-22(18-5-3-2-4-6-18)15-36-27(32)31-26(20)33/h2-13,15,30H,14H2,1H3. The number of aliphatic imine (C=N–C) groups is 1. The van der Waals surface area contributed by atoms with E-state index in [4.69, 9.17) is 26.5 Å². The van der Waals surface area contributed by atoms with Gasteiger partial charge in [-0.3, -0.25) is 15.1 Å². The number of amidine groups is 2. The van der Waals surface area contributed by atoms with Crippen LogP contribution >= 0.6 is 39.3 Å². The van der Waals surface area contributed by atoms with E-state index in [9.17, 15) is 4.79 Å². The van der Waals surface area contributed by atoms with E-state index in [2.05, 4.69) is 20.9 Å². The number of nitrogens with one attached hydrogen (secondary N) is 1. The molecule has 6 nitrogen and oxygen atoms in total. The Morgan fingerprint density at radius 3 is 2.61 bits per heavy atom.